The van der Waals surface area contributed by atoms with Gasteiger partial charge in [-0.2, -0.15) is 0 Å². The maximum Gasteiger partial charge on any atom is 0.244 e. The Morgan fingerprint density at radius 1 is 1.36 bits per heavy atom. The number of carbonyl (C=O) groups excluding carboxylic acids is 1. The molecule has 4 nitrogen and oxygen atoms in total. The standard InChI is InChI=1S/C10H19NO3/c1-8(10(11)12)6-4-5-7-9(13-2)14-3/h9H,1,4-7H2,2-3H3,(H2,11,12). The number of rotatable bonds is 8. The molecule has 0 bridgehead atoms. The van der Waals surface area contributed by atoms with E-state index in [-0.39, 0.29) is 6.29 Å². The lowest BCUT2D eigenvalue weighted by Crippen LogP contribution is -2.14. The molecular weight excluding hydrogens is 182 g/mol. The number of hydrogen-bond donors (Lipinski definition) is 1. The smallest absolute Gasteiger partial charge is 0.244 e. The second-order valence-electron chi connectivity index (χ2n) is 3.11. The molecule has 2 N–H and O–H groups in total. The van der Waals surface area contributed by atoms with E-state index in [1.54, 1.807) is 14.2 Å². The van der Waals surface area contributed by atoms with Crippen molar-refractivity contribution in [3.05, 3.63) is 12.2 Å². The van der Waals surface area contributed by atoms with E-state index in [9.17, 15) is 4.79 Å². The summed E-state index contributed by atoms with van der Waals surface area (Å²) in [6.45, 7) is 3.57. The van der Waals surface area contributed by atoms with Gasteiger partial charge in [0.05, 0.1) is 0 Å². The van der Waals surface area contributed by atoms with Gasteiger partial charge in [-0.3, -0.25) is 4.79 Å². The fourth-order valence-electron chi connectivity index (χ4n) is 1.10. The minimum atomic E-state index is -0.417. The Kier molecular flexibility index (Phi) is 7.06. The summed E-state index contributed by atoms with van der Waals surface area (Å²) in [5.41, 5.74) is 5.53. The van der Waals surface area contributed by atoms with Crippen LogP contribution in [0.2, 0.25) is 0 Å². The van der Waals surface area contributed by atoms with Crippen LogP contribution in [0, 0.1) is 0 Å². The lowest BCUT2D eigenvalue weighted by atomic mass is 10.1. The molecular formula is C10H19NO3. The first-order valence-electron chi connectivity index (χ1n) is 4.65. The van der Waals surface area contributed by atoms with E-state index in [1.165, 1.54) is 0 Å². The van der Waals surface area contributed by atoms with Gasteiger partial charge in [0.2, 0.25) is 5.91 Å². The van der Waals surface area contributed by atoms with Gasteiger partial charge < -0.3 is 15.2 Å². The molecule has 0 aliphatic rings. The first kappa shape index (κ1) is 13.1. The van der Waals surface area contributed by atoms with Gasteiger partial charge in [0, 0.05) is 19.8 Å². The van der Waals surface area contributed by atoms with Crippen LogP contribution in [0.15, 0.2) is 12.2 Å². The van der Waals surface area contributed by atoms with Gasteiger partial charge in [-0.1, -0.05) is 6.58 Å². The summed E-state index contributed by atoms with van der Waals surface area (Å²) >= 11 is 0. The monoisotopic (exact) mass is 201 g/mol. The summed E-state index contributed by atoms with van der Waals surface area (Å²) in [6.07, 6.45) is 3.12. The number of nitrogens with two attached hydrogens (primary N) is 1. The molecule has 0 aromatic carbocycles. The highest BCUT2D eigenvalue weighted by Crippen LogP contribution is 2.10. The summed E-state index contributed by atoms with van der Waals surface area (Å²) in [6, 6.07) is 0. The SMILES string of the molecule is C=C(CCCCC(OC)OC)C(N)=O. The molecule has 0 rings (SSSR count). The molecule has 82 valence electrons. The molecule has 0 saturated heterocycles. The Balaban J connectivity index is 3.46. The molecule has 0 aliphatic carbocycles. The van der Waals surface area contributed by atoms with E-state index in [0.717, 1.165) is 19.3 Å². The fourth-order valence-corrected chi connectivity index (χ4v) is 1.10. The van der Waals surface area contributed by atoms with Crippen molar-refractivity contribution in [2.75, 3.05) is 14.2 Å². The number of ether oxygens (including phenoxy) is 2. The lowest BCUT2D eigenvalue weighted by Gasteiger charge is -2.12. The van der Waals surface area contributed by atoms with Crippen LogP contribution in [0.4, 0.5) is 0 Å². The first-order chi connectivity index (χ1) is 6.61. The van der Waals surface area contributed by atoms with Crippen molar-refractivity contribution < 1.29 is 14.3 Å². The first-order valence-corrected chi connectivity index (χ1v) is 4.65. The third-order valence-electron chi connectivity index (χ3n) is 2.04. The quantitative estimate of drug-likeness (QED) is 0.365. The van der Waals surface area contributed by atoms with Crippen LogP contribution in [-0.2, 0) is 14.3 Å². The van der Waals surface area contributed by atoms with E-state index in [4.69, 9.17) is 15.2 Å². The topological polar surface area (TPSA) is 61.6 Å². The van der Waals surface area contributed by atoms with Crippen LogP contribution < -0.4 is 5.73 Å². The second-order valence-corrected chi connectivity index (χ2v) is 3.11. The van der Waals surface area contributed by atoms with Gasteiger partial charge in [0.25, 0.3) is 0 Å². The van der Waals surface area contributed by atoms with Crippen LogP contribution in [0.25, 0.3) is 0 Å². The third kappa shape index (κ3) is 5.72. The molecule has 0 saturated carbocycles. The van der Waals surface area contributed by atoms with E-state index < -0.39 is 5.91 Å². The van der Waals surface area contributed by atoms with Crippen LogP contribution in [0.1, 0.15) is 25.7 Å². The highest BCUT2D eigenvalue weighted by molar-refractivity contribution is 5.91. The molecule has 0 aliphatic heterocycles. The molecule has 0 heterocycles. The molecule has 0 unspecified atom stereocenters. The summed E-state index contributed by atoms with van der Waals surface area (Å²) in [7, 11) is 3.22. The van der Waals surface area contributed by atoms with Crippen molar-refractivity contribution in [3.63, 3.8) is 0 Å². The molecule has 0 aromatic heterocycles. The predicted octanol–water partition coefficient (Wildman–Crippen LogP) is 1.21. The fraction of sp³-hybridized carbons (Fsp3) is 0.700. The van der Waals surface area contributed by atoms with E-state index >= 15 is 0 Å². The zero-order valence-corrected chi connectivity index (χ0v) is 8.91. The van der Waals surface area contributed by atoms with Gasteiger partial charge in [0.1, 0.15) is 0 Å². The number of carbonyl (C=O) groups is 1. The molecule has 4 heteroatoms. The van der Waals surface area contributed by atoms with Crippen molar-refractivity contribution in [2.45, 2.75) is 32.0 Å². The van der Waals surface area contributed by atoms with Crippen molar-refractivity contribution in [2.24, 2.45) is 5.73 Å². The Morgan fingerprint density at radius 3 is 2.36 bits per heavy atom. The predicted molar refractivity (Wildman–Crippen MR) is 54.6 cm³/mol. The molecule has 1 amide bonds. The third-order valence-corrected chi connectivity index (χ3v) is 2.04. The average molecular weight is 201 g/mol. The Labute approximate surface area is 85.1 Å². The van der Waals surface area contributed by atoms with Gasteiger partial charge in [-0.25, -0.2) is 0 Å². The van der Waals surface area contributed by atoms with Gasteiger partial charge >= 0.3 is 0 Å². The molecule has 14 heavy (non-hydrogen) atoms. The Morgan fingerprint density at radius 2 is 1.93 bits per heavy atom. The van der Waals surface area contributed by atoms with Gasteiger partial charge in [-0.15, -0.1) is 0 Å². The number of amides is 1. The van der Waals surface area contributed by atoms with Crippen molar-refractivity contribution in [3.8, 4) is 0 Å². The van der Waals surface area contributed by atoms with Gasteiger partial charge in [-0.05, 0) is 25.7 Å². The summed E-state index contributed by atoms with van der Waals surface area (Å²) < 4.78 is 10.0. The number of hydrogen-bond acceptors (Lipinski definition) is 3. The molecule has 0 radical (unpaired) electrons. The van der Waals surface area contributed by atoms with E-state index in [0.29, 0.717) is 12.0 Å². The Hall–Kier alpha value is -0.870. The van der Waals surface area contributed by atoms with Crippen LogP contribution in [0.3, 0.4) is 0 Å². The zero-order chi connectivity index (χ0) is 11.0. The highest BCUT2D eigenvalue weighted by atomic mass is 16.7. The van der Waals surface area contributed by atoms with Crippen molar-refractivity contribution in [1.29, 1.82) is 0 Å². The van der Waals surface area contributed by atoms with Crippen molar-refractivity contribution in [1.82, 2.24) is 0 Å². The molecule has 0 spiro atoms. The minimum absolute atomic E-state index is 0.156. The van der Waals surface area contributed by atoms with E-state index in [2.05, 4.69) is 6.58 Å². The minimum Gasteiger partial charge on any atom is -0.366 e. The maximum atomic E-state index is 10.6. The molecule has 0 fully saturated rings. The summed E-state index contributed by atoms with van der Waals surface area (Å²) in [5, 5.41) is 0. The lowest BCUT2D eigenvalue weighted by molar-refractivity contribution is -0.114. The normalized spacial score (nSPS) is 10.5. The number of methoxy groups -OCH3 is 2. The summed E-state index contributed by atoms with van der Waals surface area (Å²) in [4.78, 5) is 10.6. The van der Waals surface area contributed by atoms with Crippen LogP contribution in [0.5, 0.6) is 0 Å². The van der Waals surface area contributed by atoms with Crippen LogP contribution >= 0.6 is 0 Å². The summed E-state index contributed by atoms with van der Waals surface area (Å²) in [5.74, 6) is -0.417. The highest BCUT2D eigenvalue weighted by Gasteiger charge is 2.05. The van der Waals surface area contributed by atoms with Gasteiger partial charge in [0.15, 0.2) is 6.29 Å². The molecule has 0 atom stereocenters. The average Bonchev–Trinajstić information content (AvgIpc) is 2.17. The van der Waals surface area contributed by atoms with Crippen LogP contribution in [-0.4, -0.2) is 26.4 Å². The number of unbranched alkanes of at least 4 members (excludes halogenated alkanes) is 1. The van der Waals surface area contributed by atoms with Crippen molar-refractivity contribution >= 4 is 5.91 Å². The largest absolute Gasteiger partial charge is 0.366 e. The Bertz CT molecular complexity index is 188. The second kappa shape index (κ2) is 7.53. The van der Waals surface area contributed by atoms with E-state index in [1.807, 2.05) is 0 Å². The number of primary amides is 1. The molecule has 0 aromatic rings. The zero-order valence-electron chi connectivity index (χ0n) is 8.91. The maximum absolute atomic E-state index is 10.6.